The fourth-order valence-electron chi connectivity index (χ4n) is 3.49. The van der Waals surface area contributed by atoms with Crippen molar-refractivity contribution in [1.29, 1.82) is 0 Å². The van der Waals surface area contributed by atoms with Gasteiger partial charge in [-0.25, -0.2) is 4.98 Å². The quantitative estimate of drug-likeness (QED) is 0.317. The summed E-state index contributed by atoms with van der Waals surface area (Å²) in [7, 11) is 0. The van der Waals surface area contributed by atoms with E-state index in [1.54, 1.807) is 4.57 Å². The number of hydrogen-bond acceptors (Lipinski definition) is 5. The maximum absolute atomic E-state index is 13.1. The van der Waals surface area contributed by atoms with Gasteiger partial charge in [0.2, 0.25) is 5.91 Å². The van der Waals surface area contributed by atoms with Gasteiger partial charge in [0, 0.05) is 12.2 Å². The SMILES string of the molecule is Cc1cc(C)cc(NC(=O)CSc2nc3ccsc3c(=O)n2CCc2ccccc2)c1. The number of nitrogens with zero attached hydrogens (tertiary/aromatic N) is 2. The van der Waals surface area contributed by atoms with Crippen molar-refractivity contribution in [3.05, 3.63) is 87.0 Å². The number of aryl methyl sites for hydroxylation is 3. The molecule has 0 saturated carbocycles. The molecule has 0 saturated heterocycles. The molecule has 2 aromatic heterocycles. The second-order valence-corrected chi connectivity index (χ2v) is 9.29. The zero-order chi connectivity index (χ0) is 21.8. The van der Waals surface area contributed by atoms with Crippen LogP contribution in [0.4, 0.5) is 5.69 Å². The lowest BCUT2D eigenvalue weighted by atomic mass is 10.1. The first-order valence-corrected chi connectivity index (χ1v) is 11.9. The topological polar surface area (TPSA) is 64.0 Å². The van der Waals surface area contributed by atoms with Gasteiger partial charge in [-0.3, -0.25) is 14.2 Å². The summed E-state index contributed by atoms with van der Waals surface area (Å²) in [6.45, 7) is 4.52. The second kappa shape index (κ2) is 9.49. The number of rotatable bonds is 7. The van der Waals surface area contributed by atoms with Crippen LogP contribution in [-0.2, 0) is 17.8 Å². The molecule has 0 spiro atoms. The van der Waals surface area contributed by atoms with E-state index in [2.05, 4.69) is 16.4 Å². The zero-order valence-electron chi connectivity index (χ0n) is 17.4. The summed E-state index contributed by atoms with van der Waals surface area (Å²) in [5.41, 5.74) is 4.77. The number of fused-ring (bicyclic) bond motifs is 1. The van der Waals surface area contributed by atoms with Gasteiger partial charge in [0.1, 0.15) is 4.70 Å². The molecule has 0 aliphatic carbocycles. The first-order chi connectivity index (χ1) is 15.0. The standard InChI is InChI=1S/C24H23N3O2S2/c1-16-12-17(2)14-19(13-16)25-21(28)15-31-24-26-20-9-11-30-22(20)23(29)27(24)10-8-18-6-4-3-5-7-18/h3-7,9,11-14H,8,10,15H2,1-2H3,(H,25,28). The van der Waals surface area contributed by atoms with Crippen LogP contribution in [0.2, 0.25) is 0 Å². The third kappa shape index (κ3) is 5.24. The molecule has 4 aromatic rings. The minimum absolute atomic E-state index is 0.0480. The van der Waals surface area contributed by atoms with Crippen molar-refractivity contribution in [2.24, 2.45) is 0 Å². The number of amides is 1. The molecular formula is C24H23N3O2S2. The van der Waals surface area contributed by atoms with E-state index >= 15 is 0 Å². The van der Waals surface area contributed by atoms with Gasteiger partial charge in [-0.2, -0.15) is 0 Å². The first-order valence-electron chi connectivity index (χ1n) is 10.0. The normalized spacial score (nSPS) is 11.0. The average Bonchev–Trinajstić information content (AvgIpc) is 3.20. The lowest BCUT2D eigenvalue weighted by Gasteiger charge is -2.12. The predicted molar refractivity (Wildman–Crippen MR) is 129 cm³/mol. The maximum Gasteiger partial charge on any atom is 0.272 e. The van der Waals surface area contributed by atoms with E-state index in [0.29, 0.717) is 21.9 Å². The van der Waals surface area contributed by atoms with Crippen molar-refractivity contribution in [2.45, 2.75) is 32.0 Å². The molecule has 1 N–H and O–H groups in total. The highest BCUT2D eigenvalue weighted by Crippen LogP contribution is 2.22. The van der Waals surface area contributed by atoms with E-state index in [-0.39, 0.29) is 17.2 Å². The molecule has 0 radical (unpaired) electrons. The van der Waals surface area contributed by atoms with Crippen LogP contribution in [-0.4, -0.2) is 21.2 Å². The number of thioether (sulfide) groups is 1. The van der Waals surface area contributed by atoms with E-state index in [9.17, 15) is 9.59 Å². The summed E-state index contributed by atoms with van der Waals surface area (Å²) in [6, 6.07) is 17.9. The van der Waals surface area contributed by atoms with Crippen molar-refractivity contribution in [3.63, 3.8) is 0 Å². The van der Waals surface area contributed by atoms with Gasteiger partial charge in [0.05, 0.1) is 11.3 Å². The minimum Gasteiger partial charge on any atom is -0.325 e. The Morgan fingerprint density at radius 2 is 1.84 bits per heavy atom. The van der Waals surface area contributed by atoms with Crippen molar-refractivity contribution < 1.29 is 4.79 Å². The monoisotopic (exact) mass is 449 g/mol. The summed E-state index contributed by atoms with van der Waals surface area (Å²) in [5, 5.41) is 5.39. The van der Waals surface area contributed by atoms with Crippen LogP contribution < -0.4 is 10.9 Å². The molecule has 158 valence electrons. The number of nitrogens with one attached hydrogen (secondary N) is 1. The zero-order valence-corrected chi connectivity index (χ0v) is 19.1. The van der Waals surface area contributed by atoms with Gasteiger partial charge >= 0.3 is 0 Å². The molecule has 0 bridgehead atoms. The Balaban J connectivity index is 1.53. The Labute approximate surface area is 189 Å². The van der Waals surface area contributed by atoms with Crippen LogP contribution in [0.25, 0.3) is 10.2 Å². The lowest BCUT2D eigenvalue weighted by Crippen LogP contribution is -2.24. The number of anilines is 1. The molecule has 5 nitrogen and oxygen atoms in total. The third-order valence-electron chi connectivity index (χ3n) is 4.84. The van der Waals surface area contributed by atoms with Crippen LogP contribution in [0.15, 0.2) is 69.9 Å². The highest BCUT2D eigenvalue weighted by atomic mass is 32.2. The number of carbonyl (C=O) groups is 1. The molecule has 4 rings (SSSR count). The number of thiophene rings is 1. The lowest BCUT2D eigenvalue weighted by molar-refractivity contribution is -0.113. The number of aromatic nitrogens is 2. The Bertz CT molecular complexity index is 1260. The van der Waals surface area contributed by atoms with Crippen molar-refractivity contribution in [1.82, 2.24) is 9.55 Å². The molecule has 1 amide bonds. The van der Waals surface area contributed by atoms with E-state index in [0.717, 1.165) is 28.8 Å². The van der Waals surface area contributed by atoms with Crippen molar-refractivity contribution >= 4 is 44.9 Å². The summed E-state index contributed by atoms with van der Waals surface area (Å²) < 4.78 is 2.35. The van der Waals surface area contributed by atoms with Crippen LogP contribution in [0.1, 0.15) is 16.7 Å². The molecule has 0 atom stereocenters. The first kappa shape index (κ1) is 21.3. The molecule has 0 fully saturated rings. The van der Waals surface area contributed by atoms with Crippen LogP contribution in [0.5, 0.6) is 0 Å². The van der Waals surface area contributed by atoms with Crippen molar-refractivity contribution in [3.8, 4) is 0 Å². The molecule has 31 heavy (non-hydrogen) atoms. The molecular weight excluding hydrogens is 426 g/mol. The number of benzene rings is 2. The van der Waals surface area contributed by atoms with Gasteiger partial charge in [0.25, 0.3) is 5.56 Å². The Hall–Kier alpha value is -2.90. The summed E-state index contributed by atoms with van der Waals surface area (Å²) in [6.07, 6.45) is 0.724. The highest BCUT2D eigenvalue weighted by Gasteiger charge is 2.14. The third-order valence-corrected chi connectivity index (χ3v) is 6.70. The van der Waals surface area contributed by atoms with Crippen LogP contribution in [0.3, 0.4) is 0 Å². The van der Waals surface area contributed by atoms with Crippen LogP contribution >= 0.6 is 23.1 Å². The summed E-state index contributed by atoms with van der Waals surface area (Å²) in [5.74, 6) is 0.0599. The average molecular weight is 450 g/mol. The second-order valence-electron chi connectivity index (χ2n) is 7.43. The van der Waals surface area contributed by atoms with Crippen molar-refractivity contribution in [2.75, 3.05) is 11.1 Å². The molecule has 7 heteroatoms. The number of hydrogen-bond donors (Lipinski definition) is 1. The molecule has 2 aromatic carbocycles. The van der Waals surface area contributed by atoms with Gasteiger partial charge in [-0.05, 0) is 60.5 Å². The maximum atomic E-state index is 13.1. The molecule has 0 unspecified atom stereocenters. The predicted octanol–water partition coefficient (Wildman–Crippen LogP) is 5.05. The van der Waals surface area contributed by atoms with Gasteiger partial charge in [-0.15, -0.1) is 11.3 Å². The van der Waals surface area contributed by atoms with Gasteiger partial charge in [0.15, 0.2) is 5.16 Å². The largest absolute Gasteiger partial charge is 0.325 e. The highest BCUT2D eigenvalue weighted by molar-refractivity contribution is 7.99. The molecule has 0 aliphatic heterocycles. The van der Waals surface area contributed by atoms with E-state index in [1.165, 1.54) is 23.1 Å². The minimum atomic E-state index is -0.121. The Morgan fingerprint density at radius 3 is 2.58 bits per heavy atom. The smallest absolute Gasteiger partial charge is 0.272 e. The molecule has 0 aliphatic rings. The number of carbonyl (C=O) groups excluding carboxylic acids is 1. The fourth-order valence-corrected chi connectivity index (χ4v) is 5.09. The summed E-state index contributed by atoms with van der Waals surface area (Å²) >= 11 is 2.70. The van der Waals surface area contributed by atoms with Gasteiger partial charge < -0.3 is 5.32 Å². The van der Waals surface area contributed by atoms with Gasteiger partial charge in [-0.1, -0.05) is 48.2 Å². The van der Waals surface area contributed by atoms with Crippen LogP contribution in [0, 0.1) is 13.8 Å². The van der Waals surface area contributed by atoms with E-state index in [4.69, 9.17) is 0 Å². The Kier molecular flexibility index (Phi) is 6.53. The fraction of sp³-hybridized carbons (Fsp3) is 0.208. The summed E-state index contributed by atoms with van der Waals surface area (Å²) in [4.78, 5) is 30.3. The Morgan fingerprint density at radius 1 is 1.10 bits per heavy atom. The molecule has 2 heterocycles. The van der Waals surface area contributed by atoms with E-state index < -0.39 is 0 Å². The van der Waals surface area contributed by atoms with E-state index in [1.807, 2.05) is 67.8 Å².